The minimum Gasteiger partial charge on any atom is -0.396 e. The zero-order valence-electron chi connectivity index (χ0n) is 10.2. The lowest BCUT2D eigenvalue weighted by Gasteiger charge is -2.31. The second kappa shape index (κ2) is 5.04. The van der Waals surface area contributed by atoms with E-state index in [0.29, 0.717) is 0 Å². The molecular formula is C15H17NO2. The van der Waals surface area contributed by atoms with Gasteiger partial charge in [0.2, 0.25) is 0 Å². The van der Waals surface area contributed by atoms with Gasteiger partial charge < -0.3 is 9.84 Å². The lowest BCUT2D eigenvalue weighted by molar-refractivity contribution is -0.0449. The van der Waals surface area contributed by atoms with Crippen molar-refractivity contribution in [1.82, 2.24) is 4.98 Å². The average Bonchev–Trinajstić information content (AvgIpc) is 2.46. The fraction of sp³-hybridized carbons (Fsp3) is 0.400. The minimum atomic E-state index is -0.00310. The highest BCUT2D eigenvalue weighted by Gasteiger charge is 2.28. The van der Waals surface area contributed by atoms with Crippen LogP contribution >= 0.6 is 0 Å². The van der Waals surface area contributed by atoms with Crippen molar-refractivity contribution in [3.05, 3.63) is 42.1 Å². The molecule has 1 aromatic heterocycles. The molecule has 2 unspecified atom stereocenters. The summed E-state index contributed by atoms with van der Waals surface area (Å²) >= 11 is 0. The van der Waals surface area contributed by atoms with Crippen molar-refractivity contribution in [3.8, 4) is 0 Å². The Bertz CT molecular complexity index is 536. The van der Waals surface area contributed by atoms with Crippen LogP contribution in [0.5, 0.6) is 0 Å². The first-order chi connectivity index (χ1) is 8.90. The maximum absolute atomic E-state index is 9.50. The van der Waals surface area contributed by atoms with Crippen LogP contribution in [0.1, 0.15) is 24.5 Å². The van der Waals surface area contributed by atoms with Crippen LogP contribution in [0.3, 0.4) is 0 Å². The molecule has 1 N–H and O–H groups in total. The summed E-state index contributed by atoms with van der Waals surface area (Å²) in [7, 11) is 0. The zero-order chi connectivity index (χ0) is 12.4. The molecule has 0 spiro atoms. The molecule has 2 atom stereocenters. The topological polar surface area (TPSA) is 42.4 Å². The number of nitrogens with zero attached hydrogens (tertiary/aromatic N) is 1. The summed E-state index contributed by atoms with van der Waals surface area (Å²) in [5.41, 5.74) is 2.14. The summed E-state index contributed by atoms with van der Waals surface area (Å²) < 4.78 is 5.89. The maximum atomic E-state index is 9.50. The molecule has 3 nitrogen and oxygen atoms in total. The highest BCUT2D eigenvalue weighted by molar-refractivity contribution is 5.82. The summed E-state index contributed by atoms with van der Waals surface area (Å²) in [4.78, 5) is 4.37. The molecule has 2 heterocycles. The van der Waals surface area contributed by atoms with Gasteiger partial charge in [-0.3, -0.25) is 4.98 Å². The Morgan fingerprint density at radius 1 is 1.28 bits per heavy atom. The highest BCUT2D eigenvalue weighted by atomic mass is 16.5. The Morgan fingerprint density at radius 2 is 2.17 bits per heavy atom. The molecule has 1 aromatic carbocycles. The summed E-state index contributed by atoms with van der Waals surface area (Å²) in [5.74, 6) is 0.199. The standard InChI is InChI=1S/C15H17NO2/c17-10-11-4-3-9-18-15(11)13-7-8-16-14-6-2-1-5-12(13)14/h1-2,5-8,11,15,17H,3-4,9-10H2. The van der Waals surface area contributed by atoms with E-state index in [-0.39, 0.29) is 18.6 Å². The molecule has 0 radical (unpaired) electrons. The molecule has 0 bridgehead atoms. The van der Waals surface area contributed by atoms with Gasteiger partial charge in [0.1, 0.15) is 0 Å². The van der Waals surface area contributed by atoms with E-state index in [9.17, 15) is 5.11 Å². The number of aliphatic hydroxyl groups excluding tert-OH is 1. The third-order valence-electron chi connectivity index (χ3n) is 3.67. The van der Waals surface area contributed by atoms with E-state index in [2.05, 4.69) is 11.1 Å². The van der Waals surface area contributed by atoms with Crippen molar-refractivity contribution in [2.24, 2.45) is 5.92 Å². The predicted molar refractivity (Wildman–Crippen MR) is 70.2 cm³/mol. The predicted octanol–water partition coefficient (Wildman–Crippen LogP) is 2.69. The van der Waals surface area contributed by atoms with Gasteiger partial charge in [-0.25, -0.2) is 0 Å². The number of ether oxygens (including phenoxy) is 1. The molecule has 0 aliphatic carbocycles. The van der Waals surface area contributed by atoms with E-state index in [1.54, 1.807) is 0 Å². The number of para-hydroxylation sites is 1. The molecule has 94 valence electrons. The summed E-state index contributed by atoms with van der Waals surface area (Å²) in [6, 6.07) is 10.1. The lowest BCUT2D eigenvalue weighted by Crippen LogP contribution is -2.25. The van der Waals surface area contributed by atoms with Crippen LogP contribution in [-0.4, -0.2) is 23.3 Å². The first-order valence-corrected chi connectivity index (χ1v) is 6.46. The van der Waals surface area contributed by atoms with Crippen molar-refractivity contribution >= 4 is 10.9 Å². The smallest absolute Gasteiger partial charge is 0.0882 e. The fourth-order valence-corrected chi connectivity index (χ4v) is 2.74. The minimum absolute atomic E-state index is 0.00310. The van der Waals surface area contributed by atoms with Crippen LogP contribution in [-0.2, 0) is 4.74 Å². The van der Waals surface area contributed by atoms with Crippen LogP contribution < -0.4 is 0 Å². The van der Waals surface area contributed by atoms with E-state index >= 15 is 0 Å². The Labute approximate surface area is 106 Å². The van der Waals surface area contributed by atoms with Gasteiger partial charge in [0.15, 0.2) is 0 Å². The van der Waals surface area contributed by atoms with E-state index in [4.69, 9.17) is 4.74 Å². The molecule has 3 rings (SSSR count). The Hall–Kier alpha value is -1.45. The van der Waals surface area contributed by atoms with Crippen molar-refractivity contribution in [3.63, 3.8) is 0 Å². The zero-order valence-corrected chi connectivity index (χ0v) is 10.2. The van der Waals surface area contributed by atoms with Gasteiger partial charge in [-0.15, -0.1) is 0 Å². The number of hydrogen-bond acceptors (Lipinski definition) is 3. The second-order valence-corrected chi connectivity index (χ2v) is 4.79. The van der Waals surface area contributed by atoms with E-state index in [1.165, 1.54) is 0 Å². The average molecular weight is 243 g/mol. The molecule has 1 fully saturated rings. The first-order valence-electron chi connectivity index (χ1n) is 6.46. The van der Waals surface area contributed by atoms with Crippen molar-refractivity contribution < 1.29 is 9.84 Å². The van der Waals surface area contributed by atoms with Gasteiger partial charge in [-0.2, -0.15) is 0 Å². The van der Waals surface area contributed by atoms with Crippen LogP contribution in [0.25, 0.3) is 10.9 Å². The Kier molecular flexibility index (Phi) is 3.26. The van der Waals surface area contributed by atoms with Crippen molar-refractivity contribution in [2.45, 2.75) is 18.9 Å². The summed E-state index contributed by atoms with van der Waals surface area (Å²) in [6.45, 7) is 0.957. The highest BCUT2D eigenvalue weighted by Crippen LogP contribution is 2.36. The van der Waals surface area contributed by atoms with Crippen LogP contribution in [0, 0.1) is 5.92 Å². The van der Waals surface area contributed by atoms with Crippen molar-refractivity contribution in [1.29, 1.82) is 0 Å². The molecule has 2 aromatic rings. The van der Waals surface area contributed by atoms with Crippen LogP contribution in [0.4, 0.5) is 0 Å². The number of aromatic nitrogens is 1. The molecular weight excluding hydrogens is 226 g/mol. The number of fused-ring (bicyclic) bond motifs is 1. The largest absolute Gasteiger partial charge is 0.396 e. The monoisotopic (exact) mass is 243 g/mol. The third-order valence-corrected chi connectivity index (χ3v) is 3.67. The molecule has 0 amide bonds. The summed E-state index contributed by atoms with van der Waals surface area (Å²) in [5, 5.41) is 10.6. The molecule has 1 saturated heterocycles. The number of hydrogen-bond donors (Lipinski definition) is 1. The van der Waals surface area contributed by atoms with E-state index in [1.807, 2.05) is 30.5 Å². The number of aliphatic hydroxyl groups is 1. The quantitative estimate of drug-likeness (QED) is 0.881. The summed E-state index contributed by atoms with van der Waals surface area (Å²) in [6.07, 6.45) is 3.88. The molecule has 1 aliphatic rings. The lowest BCUT2D eigenvalue weighted by atomic mass is 9.89. The molecule has 3 heteroatoms. The molecule has 0 saturated carbocycles. The van der Waals surface area contributed by atoms with Gasteiger partial charge in [0.05, 0.1) is 11.6 Å². The molecule has 1 aliphatic heterocycles. The van der Waals surface area contributed by atoms with Crippen LogP contribution in [0.15, 0.2) is 36.5 Å². The number of rotatable bonds is 2. The second-order valence-electron chi connectivity index (χ2n) is 4.79. The fourth-order valence-electron chi connectivity index (χ4n) is 2.74. The number of benzene rings is 1. The van der Waals surface area contributed by atoms with Crippen LogP contribution in [0.2, 0.25) is 0 Å². The molecule has 18 heavy (non-hydrogen) atoms. The van der Waals surface area contributed by atoms with Crippen molar-refractivity contribution in [2.75, 3.05) is 13.2 Å². The van der Waals surface area contributed by atoms with E-state index in [0.717, 1.165) is 35.9 Å². The first kappa shape index (κ1) is 11.6. The van der Waals surface area contributed by atoms with E-state index < -0.39 is 0 Å². The third kappa shape index (κ3) is 2.00. The van der Waals surface area contributed by atoms with Gasteiger partial charge in [0.25, 0.3) is 0 Å². The van der Waals surface area contributed by atoms with Gasteiger partial charge in [0, 0.05) is 30.7 Å². The normalized spacial score (nSPS) is 24.3. The Morgan fingerprint density at radius 3 is 3.06 bits per heavy atom. The van der Waals surface area contributed by atoms with Gasteiger partial charge in [-0.05, 0) is 30.5 Å². The number of pyridine rings is 1. The van der Waals surface area contributed by atoms with Gasteiger partial charge in [-0.1, -0.05) is 18.2 Å². The Balaban J connectivity index is 2.07. The maximum Gasteiger partial charge on any atom is 0.0882 e. The van der Waals surface area contributed by atoms with Gasteiger partial charge >= 0.3 is 0 Å². The SMILES string of the molecule is OCC1CCCOC1c1ccnc2ccccc12.